The van der Waals surface area contributed by atoms with Crippen molar-refractivity contribution in [1.82, 2.24) is 14.5 Å². The van der Waals surface area contributed by atoms with E-state index in [0.29, 0.717) is 0 Å². The predicted molar refractivity (Wildman–Crippen MR) is 170 cm³/mol. The third kappa shape index (κ3) is 4.04. The molecule has 0 amide bonds. The summed E-state index contributed by atoms with van der Waals surface area (Å²) in [5.41, 5.74) is 7.54. The van der Waals surface area contributed by atoms with Gasteiger partial charge < -0.3 is 14.5 Å². The molecule has 0 radical (unpaired) electrons. The Morgan fingerprint density at radius 1 is 0.643 bits per heavy atom. The predicted octanol–water partition coefficient (Wildman–Crippen LogP) is 8.58. The second kappa shape index (κ2) is 9.78. The molecular formula is C36H27N5O. The van der Waals surface area contributed by atoms with Gasteiger partial charge in [-0.25, -0.2) is 4.98 Å². The van der Waals surface area contributed by atoms with E-state index in [9.17, 15) is 0 Å². The zero-order valence-electron chi connectivity index (χ0n) is 23.1. The van der Waals surface area contributed by atoms with Gasteiger partial charge in [-0.3, -0.25) is 9.55 Å². The van der Waals surface area contributed by atoms with Crippen LogP contribution < -0.4 is 14.5 Å². The molecule has 0 fully saturated rings. The largest absolute Gasteiger partial charge is 0.457 e. The van der Waals surface area contributed by atoms with Crippen molar-refractivity contribution in [2.24, 2.45) is 0 Å². The summed E-state index contributed by atoms with van der Waals surface area (Å²) >= 11 is 0. The molecule has 4 aromatic carbocycles. The van der Waals surface area contributed by atoms with Crippen LogP contribution in [0.2, 0.25) is 0 Å². The van der Waals surface area contributed by atoms with Gasteiger partial charge in [-0.1, -0.05) is 42.5 Å². The number of aromatic nitrogens is 3. The molecule has 42 heavy (non-hydrogen) atoms. The maximum absolute atomic E-state index is 6.48. The summed E-state index contributed by atoms with van der Waals surface area (Å²) in [6.07, 6.45) is 3.69. The number of rotatable bonds is 5. The Hall–Kier alpha value is -5.62. The lowest BCUT2D eigenvalue weighted by Crippen LogP contribution is -2.23. The molecule has 0 saturated carbocycles. The minimum atomic E-state index is 0.771. The van der Waals surface area contributed by atoms with Crippen LogP contribution in [0.25, 0.3) is 38.9 Å². The number of anilines is 3. The van der Waals surface area contributed by atoms with Gasteiger partial charge in [0.2, 0.25) is 0 Å². The quantitative estimate of drug-likeness (QED) is 0.217. The summed E-state index contributed by atoms with van der Waals surface area (Å²) in [6, 6.07) is 41.5. The fourth-order valence-electron chi connectivity index (χ4n) is 5.92. The molecule has 0 bridgehead atoms. The molecule has 0 spiro atoms. The number of ether oxygens (including phenoxy) is 1. The van der Waals surface area contributed by atoms with Gasteiger partial charge in [-0.05, 0) is 66.7 Å². The van der Waals surface area contributed by atoms with Crippen molar-refractivity contribution in [3.8, 4) is 28.6 Å². The van der Waals surface area contributed by atoms with Crippen LogP contribution in [-0.4, -0.2) is 28.3 Å². The third-order valence-corrected chi connectivity index (χ3v) is 7.89. The molecule has 0 N–H and O–H groups in total. The highest BCUT2D eigenvalue weighted by molar-refractivity contribution is 6.09. The van der Waals surface area contributed by atoms with E-state index in [0.717, 1.165) is 57.3 Å². The lowest BCUT2D eigenvalue weighted by atomic mass is 10.1. The minimum absolute atomic E-state index is 0.771. The van der Waals surface area contributed by atoms with Crippen molar-refractivity contribution in [3.05, 3.63) is 134 Å². The Balaban J connectivity index is 1.17. The molecule has 0 atom stereocenters. The molecule has 0 aliphatic carbocycles. The Morgan fingerprint density at radius 2 is 1.45 bits per heavy atom. The van der Waals surface area contributed by atoms with Crippen molar-refractivity contribution in [3.63, 3.8) is 0 Å². The highest BCUT2D eigenvalue weighted by Gasteiger charge is 2.24. The monoisotopic (exact) mass is 545 g/mol. The second-order valence-corrected chi connectivity index (χ2v) is 10.5. The van der Waals surface area contributed by atoms with E-state index in [1.165, 1.54) is 16.8 Å². The summed E-state index contributed by atoms with van der Waals surface area (Å²) in [4.78, 5) is 13.9. The summed E-state index contributed by atoms with van der Waals surface area (Å²) in [7, 11) is 2.12. The highest BCUT2D eigenvalue weighted by atomic mass is 16.5. The molecule has 0 saturated heterocycles. The van der Waals surface area contributed by atoms with E-state index in [2.05, 4.69) is 111 Å². The van der Waals surface area contributed by atoms with E-state index in [-0.39, 0.29) is 0 Å². The van der Waals surface area contributed by atoms with Crippen LogP contribution in [0.3, 0.4) is 0 Å². The number of hydrogen-bond donors (Lipinski definition) is 0. The van der Waals surface area contributed by atoms with Crippen LogP contribution in [0.4, 0.5) is 17.1 Å². The van der Waals surface area contributed by atoms with Crippen LogP contribution in [0.1, 0.15) is 0 Å². The summed E-state index contributed by atoms with van der Waals surface area (Å²) < 4.78 is 8.68. The Kier molecular flexibility index (Phi) is 5.64. The first-order valence-corrected chi connectivity index (χ1v) is 14.0. The summed E-state index contributed by atoms with van der Waals surface area (Å²) in [5.74, 6) is 2.41. The molecular weight excluding hydrogens is 518 g/mol. The highest BCUT2D eigenvalue weighted by Crippen LogP contribution is 2.41. The van der Waals surface area contributed by atoms with E-state index in [1.807, 2.05) is 42.6 Å². The Bertz CT molecular complexity index is 2070. The van der Waals surface area contributed by atoms with Crippen molar-refractivity contribution in [2.45, 2.75) is 0 Å². The second-order valence-electron chi connectivity index (χ2n) is 10.5. The molecule has 7 aromatic rings. The van der Waals surface area contributed by atoms with Crippen LogP contribution in [0.5, 0.6) is 11.5 Å². The number of para-hydroxylation sites is 3. The van der Waals surface area contributed by atoms with Crippen molar-refractivity contribution < 1.29 is 4.74 Å². The van der Waals surface area contributed by atoms with Crippen molar-refractivity contribution >= 4 is 38.9 Å². The van der Waals surface area contributed by atoms with Crippen LogP contribution in [-0.2, 0) is 0 Å². The molecule has 3 aromatic heterocycles. The summed E-state index contributed by atoms with van der Waals surface area (Å²) in [5, 5.41) is 2.33. The Morgan fingerprint density at radius 3 is 2.31 bits per heavy atom. The van der Waals surface area contributed by atoms with Crippen LogP contribution in [0.15, 0.2) is 134 Å². The molecule has 8 rings (SSSR count). The fourth-order valence-corrected chi connectivity index (χ4v) is 5.92. The minimum Gasteiger partial charge on any atom is -0.457 e. The number of pyridine rings is 2. The third-order valence-electron chi connectivity index (χ3n) is 7.89. The maximum Gasteiger partial charge on any atom is 0.137 e. The van der Waals surface area contributed by atoms with Crippen LogP contribution >= 0.6 is 0 Å². The molecule has 6 nitrogen and oxygen atoms in total. The molecule has 202 valence electrons. The lowest BCUT2D eigenvalue weighted by Gasteiger charge is -2.20. The first-order valence-electron chi connectivity index (χ1n) is 14.0. The normalized spacial score (nSPS) is 12.7. The number of nitrogens with zero attached hydrogens (tertiary/aromatic N) is 5. The first kappa shape index (κ1) is 24.2. The fraction of sp³-hybridized carbons (Fsp3) is 0.0556. The maximum atomic E-state index is 6.48. The van der Waals surface area contributed by atoms with Gasteiger partial charge in [0.1, 0.15) is 17.3 Å². The molecule has 0 unspecified atom stereocenters. The standard InChI is InChI=1S/C36H27N5O/c1-39-24-40(34-15-5-4-14-33(34)39)26-9-8-10-27(21-26)42-28-17-18-30-29-11-2-3-13-32(29)41(35(30)22-28)36-19-16-25(23-38-36)31-12-6-7-20-37-31/h2-23H,24H2,1H3. The molecule has 1 aliphatic rings. The zero-order valence-corrected chi connectivity index (χ0v) is 23.1. The van der Waals surface area contributed by atoms with Crippen molar-refractivity contribution in [2.75, 3.05) is 23.5 Å². The smallest absolute Gasteiger partial charge is 0.137 e. The van der Waals surface area contributed by atoms with E-state index in [4.69, 9.17) is 9.72 Å². The zero-order chi connectivity index (χ0) is 28.0. The molecule has 4 heterocycles. The molecule has 6 heteroatoms. The van der Waals surface area contributed by atoms with Gasteiger partial charge in [0.05, 0.1) is 34.8 Å². The Labute approximate surface area is 243 Å². The van der Waals surface area contributed by atoms with Gasteiger partial charge in [-0.15, -0.1) is 0 Å². The van der Waals surface area contributed by atoms with E-state index >= 15 is 0 Å². The number of fused-ring (bicyclic) bond motifs is 4. The van der Waals surface area contributed by atoms with E-state index in [1.54, 1.807) is 6.20 Å². The van der Waals surface area contributed by atoms with Gasteiger partial charge in [0.25, 0.3) is 0 Å². The summed E-state index contributed by atoms with van der Waals surface area (Å²) in [6.45, 7) is 0.793. The molecule has 1 aliphatic heterocycles. The lowest BCUT2D eigenvalue weighted by molar-refractivity contribution is 0.483. The van der Waals surface area contributed by atoms with Gasteiger partial charge in [-0.2, -0.15) is 0 Å². The van der Waals surface area contributed by atoms with Gasteiger partial charge >= 0.3 is 0 Å². The van der Waals surface area contributed by atoms with E-state index < -0.39 is 0 Å². The number of hydrogen-bond acceptors (Lipinski definition) is 5. The number of benzene rings is 4. The average molecular weight is 546 g/mol. The SMILES string of the molecule is CN1CN(c2cccc(Oc3ccc4c5ccccc5n(-c5ccc(-c6ccccn6)cn5)c4c3)c2)c2ccccc21. The van der Waals surface area contributed by atoms with Gasteiger partial charge in [0.15, 0.2) is 0 Å². The van der Waals surface area contributed by atoms with Gasteiger partial charge in [0, 0.05) is 53.6 Å². The van der Waals surface area contributed by atoms with Crippen molar-refractivity contribution in [1.29, 1.82) is 0 Å². The average Bonchev–Trinajstić information content (AvgIpc) is 3.56. The topological polar surface area (TPSA) is 46.4 Å². The van der Waals surface area contributed by atoms with Crippen LogP contribution in [0, 0.1) is 0 Å². The first-order chi connectivity index (χ1) is 20.7.